The van der Waals surface area contributed by atoms with Crippen LogP contribution in [0.2, 0.25) is 0 Å². The molecule has 0 saturated carbocycles. The minimum atomic E-state index is -0.614. The van der Waals surface area contributed by atoms with Gasteiger partial charge in [-0.1, -0.05) is 12.1 Å². The summed E-state index contributed by atoms with van der Waals surface area (Å²) in [5, 5.41) is 0. The van der Waals surface area contributed by atoms with Gasteiger partial charge in [-0.2, -0.15) is 0 Å². The highest BCUT2D eigenvalue weighted by Crippen LogP contribution is 2.17. The first-order chi connectivity index (χ1) is 13.2. The van der Waals surface area contributed by atoms with Gasteiger partial charge in [0.2, 0.25) is 0 Å². The third-order valence-electron chi connectivity index (χ3n) is 4.50. The summed E-state index contributed by atoms with van der Waals surface area (Å²) in [6.45, 7) is 6.02. The van der Waals surface area contributed by atoms with E-state index in [0.29, 0.717) is 30.0 Å². The number of carbonyl (C=O) groups excluding carboxylic acids is 1. The Morgan fingerprint density at radius 2 is 1.86 bits per heavy atom. The highest BCUT2D eigenvalue weighted by molar-refractivity contribution is 5.68. The molecule has 0 spiro atoms. The van der Waals surface area contributed by atoms with Gasteiger partial charge in [-0.15, -0.1) is 0 Å². The summed E-state index contributed by atoms with van der Waals surface area (Å²) in [4.78, 5) is 42.0. The van der Waals surface area contributed by atoms with Crippen molar-refractivity contribution >= 4 is 6.09 Å². The fourth-order valence-electron chi connectivity index (χ4n) is 3.09. The lowest BCUT2D eigenvalue weighted by molar-refractivity contribution is 0.0221. The Morgan fingerprint density at radius 1 is 1.18 bits per heavy atom. The van der Waals surface area contributed by atoms with Crippen molar-refractivity contribution < 1.29 is 14.3 Å². The highest BCUT2D eigenvalue weighted by Gasteiger charge is 2.28. The van der Waals surface area contributed by atoms with Crippen LogP contribution in [0.25, 0.3) is 0 Å². The van der Waals surface area contributed by atoms with Crippen molar-refractivity contribution in [3.05, 3.63) is 61.9 Å². The quantitative estimate of drug-likeness (QED) is 0.868. The van der Waals surface area contributed by atoms with Gasteiger partial charge in [-0.25, -0.2) is 9.59 Å². The van der Waals surface area contributed by atoms with Crippen molar-refractivity contribution in [3.63, 3.8) is 0 Å². The van der Waals surface area contributed by atoms with Crippen molar-refractivity contribution in [2.24, 2.45) is 0 Å². The van der Waals surface area contributed by atoms with E-state index < -0.39 is 17.4 Å². The summed E-state index contributed by atoms with van der Waals surface area (Å²) in [5.41, 5.74) is 0.351. The summed E-state index contributed by atoms with van der Waals surface area (Å²) in [6.07, 6.45) is -0.0620. The molecule has 8 nitrogen and oxygen atoms in total. The summed E-state index contributed by atoms with van der Waals surface area (Å²) >= 11 is 0. The topological polar surface area (TPSA) is 93.6 Å². The van der Waals surface area contributed by atoms with E-state index >= 15 is 0 Å². The first kappa shape index (κ1) is 19.7. The first-order valence-electron chi connectivity index (χ1n) is 9.13. The van der Waals surface area contributed by atoms with Crippen LogP contribution in [0, 0.1) is 0 Å². The molecule has 0 bridgehead atoms. The van der Waals surface area contributed by atoms with Crippen LogP contribution in [-0.2, 0) is 24.2 Å². The largest absolute Gasteiger partial charge is 0.497 e. The molecule has 1 aliphatic heterocycles. The van der Waals surface area contributed by atoms with Crippen LogP contribution in [0.15, 0.2) is 33.9 Å². The number of rotatable bonds is 3. The fraction of sp³-hybridized carbons (Fsp3) is 0.450. The normalized spacial score (nSPS) is 13.8. The van der Waals surface area contributed by atoms with E-state index in [1.54, 1.807) is 52.1 Å². The van der Waals surface area contributed by atoms with Gasteiger partial charge in [-0.05, 0) is 38.5 Å². The second-order valence-corrected chi connectivity index (χ2v) is 7.78. The average molecular weight is 387 g/mol. The SMILES string of the molecule is COc1ccc(Cn2c(=O)[nH]c3c(c2=O)CN(C(=O)OC(C)(C)C)CC3)cc1. The van der Waals surface area contributed by atoms with E-state index in [9.17, 15) is 14.4 Å². The number of benzene rings is 1. The number of hydrogen-bond acceptors (Lipinski definition) is 5. The number of H-pyrrole nitrogens is 1. The molecule has 150 valence electrons. The van der Waals surface area contributed by atoms with E-state index in [0.717, 1.165) is 10.1 Å². The average Bonchev–Trinajstić information content (AvgIpc) is 2.64. The molecular formula is C20H25N3O5. The molecule has 1 aliphatic rings. The van der Waals surface area contributed by atoms with Gasteiger partial charge in [0.05, 0.1) is 25.8 Å². The standard InChI is InChI=1S/C20H25N3O5/c1-20(2,3)28-19(26)22-10-9-16-15(12-22)17(24)23(18(25)21-16)11-13-5-7-14(27-4)8-6-13/h5-8H,9-12H2,1-4H3,(H,21,25). The van der Waals surface area contributed by atoms with Crippen molar-refractivity contribution in [1.82, 2.24) is 14.5 Å². The predicted octanol–water partition coefficient (Wildman–Crippen LogP) is 1.89. The molecular weight excluding hydrogens is 362 g/mol. The maximum atomic E-state index is 13.0. The lowest BCUT2D eigenvalue weighted by Crippen LogP contribution is -2.46. The zero-order valence-corrected chi connectivity index (χ0v) is 16.6. The number of fused-ring (bicyclic) bond motifs is 1. The van der Waals surface area contributed by atoms with Crippen LogP contribution in [0.3, 0.4) is 0 Å². The third kappa shape index (κ3) is 4.27. The predicted molar refractivity (Wildman–Crippen MR) is 104 cm³/mol. The molecule has 0 aliphatic carbocycles. The molecule has 0 fully saturated rings. The van der Waals surface area contributed by atoms with Gasteiger partial charge in [0.15, 0.2) is 0 Å². The number of hydrogen-bond donors (Lipinski definition) is 1. The highest BCUT2D eigenvalue weighted by atomic mass is 16.6. The zero-order chi connectivity index (χ0) is 20.5. The lowest BCUT2D eigenvalue weighted by atomic mass is 10.1. The fourth-order valence-corrected chi connectivity index (χ4v) is 3.09. The van der Waals surface area contributed by atoms with Gasteiger partial charge in [0.25, 0.3) is 5.56 Å². The van der Waals surface area contributed by atoms with Crippen LogP contribution < -0.4 is 16.0 Å². The molecule has 1 aromatic heterocycles. The Kier molecular flexibility index (Phi) is 5.31. The van der Waals surface area contributed by atoms with Crippen LogP contribution in [0.4, 0.5) is 4.79 Å². The van der Waals surface area contributed by atoms with Gasteiger partial charge < -0.3 is 19.4 Å². The van der Waals surface area contributed by atoms with Crippen LogP contribution in [0.1, 0.15) is 37.6 Å². The minimum Gasteiger partial charge on any atom is -0.497 e. The molecule has 1 N–H and O–H groups in total. The molecule has 3 rings (SSSR count). The van der Waals surface area contributed by atoms with E-state index in [1.165, 1.54) is 4.90 Å². The van der Waals surface area contributed by atoms with E-state index in [4.69, 9.17) is 9.47 Å². The Balaban J connectivity index is 1.88. The molecule has 0 unspecified atom stereocenters. The van der Waals surface area contributed by atoms with Crippen molar-refractivity contribution in [2.45, 2.75) is 45.9 Å². The number of amides is 1. The maximum absolute atomic E-state index is 13.0. The third-order valence-corrected chi connectivity index (χ3v) is 4.50. The van der Waals surface area contributed by atoms with Crippen molar-refractivity contribution in [1.29, 1.82) is 0 Å². The molecule has 28 heavy (non-hydrogen) atoms. The number of nitrogens with one attached hydrogen (secondary N) is 1. The van der Waals surface area contributed by atoms with Crippen LogP contribution in [0.5, 0.6) is 5.75 Å². The summed E-state index contributed by atoms with van der Waals surface area (Å²) in [7, 11) is 1.57. The number of ether oxygens (including phenoxy) is 2. The van der Waals surface area contributed by atoms with Gasteiger partial charge in [0.1, 0.15) is 11.4 Å². The summed E-state index contributed by atoms with van der Waals surface area (Å²) < 4.78 is 11.7. The Morgan fingerprint density at radius 3 is 2.46 bits per heavy atom. The molecule has 8 heteroatoms. The van der Waals surface area contributed by atoms with Gasteiger partial charge in [0, 0.05) is 18.7 Å². The smallest absolute Gasteiger partial charge is 0.410 e. The van der Waals surface area contributed by atoms with E-state index in [1.807, 2.05) is 0 Å². The Labute approximate surface area is 162 Å². The van der Waals surface area contributed by atoms with Crippen molar-refractivity contribution in [3.8, 4) is 5.75 Å². The monoisotopic (exact) mass is 387 g/mol. The number of aromatic nitrogens is 2. The number of methoxy groups -OCH3 is 1. The summed E-state index contributed by atoms with van der Waals surface area (Å²) in [6, 6.07) is 7.16. The van der Waals surface area contributed by atoms with Crippen LogP contribution in [-0.4, -0.2) is 39.8 Å². The first-order valence-corrected chi connectivity index (χ1v) is 9.13. The van der Waals surface area contributed by atoms with Crippen molar-refractivity contribution in [2.75, 3.05) is 13.7 Å². The molecule has 0 saturated heterocycles. The second-order valence-electron chi connectivity index (χ2n) is 7.78. The molecule has 2 aromatic rings. The molecule has 2 heterocycles. The Hall–Kier alpha value is -3.03. The maximum Gasteiger partial charge on any atom is 0.410 e. The Bertz CT molecular complexity index is 983. The molecule has 1 amide bonds. The van der Waals surface area contributed by atoms with Gasteiger partial charge in [-0.3, -0.25) is 9.36 Å². The van der Waals surface area contributed by atoms with Crippen LogP contribution >= 0.6 is 0 Å². The summed E-state index contributed by atoms with van der Waals surface area (Å²) in [5.74, 6) is 0.698. The lowest BCUT2D eigenvalue weighted by Gasteiger charge is -2.30. The second kappa shape index (κ2) is 7.53. The van der Waals surface area contributed by atoms with E-state index in [-0.39, 0.29) is 18.6 Å². The zero-order valence-electron chi connectivity index (χ0n) is 16.6. The molecule has 1 aromatic carbocycles. The number of nitrogens with zero attached hydrogens (tertiary/aromatic N) is 2. The number of aromatic amines is 1. The molecule has 0 radical (unpaired) electrons. The van der Waals surface area contributed by atoms with Gasteiger partial charge >= 0.3 is 11.8 Å². The minimum absolute atomic E-state index is 0.114. The number of carbonyl (C=O) groups is 1. The molecule has 0 atom stereocenters. The van der Waals surface area contributed by atoms with E-state index in [2.05, 4.69) is 4.98 Å².